The molecule has 3 N–H and O–H groups in total. The second kappa shape index (κ2) is 10.4. The lowest BCUT2D eigenvalue weighted by Gasteiger charge is -2.34. The number of pyridine rings is 1. The van der Waals surface area contributed by atoms with Crippen molar-refractivity contribution >= 4 is 11.8 Å². The van der Waals surface area contributed by atoms with E-state index in [1.54, 1.807) is 25.3 Å². The van der Waals surface area contributed by atoms with E-state index in [2.05, 4.69) is 43.4 Å². The molecule has 2 aromatic heterocycles. The Balaban J connectivity index is 1.60. The van der Waals surface area contributed by atoms with Gasteiger partial charge in [-0.05, 0) is 50.2 Å². The highest BCUT2D eigenvalue weighted by molar-refractivity contribution is 5.79. The van der Waals surface area contributed by atoms with E-state index >= 15 is 0 Å². The van der Waals surface area contributed by atoms with Gasteiger partial charge in [0.1, 0.15) is 17.2 Å². The SMILES string of the molecule is CCNC(=NCc1ccnc(N2CCN(CC)CC2)c1)NCC(C)(O)c1ccco1. The maximum absolute atomic E-state index is 10.6. The highest BCUT2D eigenvalue weighted by Gasteiger charge is 2.26. The average molecular weight is 415 g/mol. The van der Waals surface area contributed by atoms with Crippen LogP contribution in [0.5, 0.6) is 0 Å². The highest BCUT2D eigenvalue weighted by atomic mass is 16.4. The van der Waals surface area contributed by atoms with Gasteiger partial charge in [-0.15, -0.1) is 0 Å². The normalized spacial score (nSPS) is 17.6. The fourth-order valence-corrected chi connectivity index (χ4v) is 3.47. The van der Waals surface area contributed by atoms with Crippen LogP contribution >= 0.6 is 0 Å². The van der Waals surface area contributed by atoms with Crippen LogP contribution in [0, 0.1) is 0 Å². The van der Waals surface area contributed by atoms with Crippen LogP contribution in [0.3, 0.4) is 0 Å². The monoisotopic (exact) mass is 414 g/mol. The Labute approximate surface area is 179 Å². The summed E-state index contributed by atoms with van der Waals surface area (Å²) >= 11 is 0. The lowest BCUT2D eigenvalue weighted by Crippen LogP contribution is -2.46. The number of aliphatic hydroxyl groups is 1. The molecule has 2 aromatic rings. The van der Waals surface area contributed by atoms with Gasteiger partial charge in [-0.2, -0.15) is 0 Å². The fourth-order valence-electron chi connectivity index (χ4n) is 3.47. The van der Waals surface area contributed by atoms with Crippen molar-refractivity contribution in [1.82, 2.24) is 20.5 Å². The van der Waals surface area contributed by atoms with E-state index in [0.717, 1.165) is 50.6 Å². The number of hydrogen-bond donors (Lipinski definition) is 3. The van der Waals surface area contributed by atoms with Crippen LogP contribution in [0.25, 0.3) is 0 Å². The molecule has 8 heteroatoms. The third-order valence-corrected chi connectivity index (χ3v) is 5.37. The number of likely N-dealkylation sites (N-methyl/N-ethyl adjacent to an activating group) is 1. The zero-order valence-electron chi connectivity index (χ0n) is 18.3. The summed E-state index contributed by atoms with van der Waals surface area (Å²) in [6.07, 6.45) is 3.42. The minimum absolute atomic E-state index is 0.287. The molecule has 0 aromatic carbocycles. The standard InChI is InChI=1S/C22H34N6O2/c1-4-23-21(26-17-22(3,29)19-7-6-14-30-19)25-16-18-8-9-24-20(15-18)28-12-10-27(5-2)11-13-28/h6-9,14-15,29H,4-5,10-13,16-17H2,1-3H3,(H2,23,25,26). The first-order valence-electron chi connectivity index (χ1n) is 10.7. The molecule has 0 amide bonds. The van der Waals surface area contributed by atoms with Gasteiger partial charge in [-0.1, -0.05) is 6.92 Å². The summed E-state index contributed by atoms with van der Waals surface area (Å²) in [5, 5.41) is 17.1. The zero-order valence-corrected chi connectivity index (χ0v) is 18.3. The fraction of sp³-hybridized carbons (Fsp3) is 0.545. The number of aromatic nitrogens is 1. The molecule has 1 saturated heterocycles. The van der Waals surface area contributed by atoms with Gasteiger partial charge in [0.05, 0.1) is 19.4 Å². The minimum Gasteiger partial charge on any atom is -0.466 e. The second-order valence-corrected chi connectivity index (χ2v) is 7.74. The predicted molar refractivity (Wildman–Crippen MR) is 120 cm³/mol. The summed E-state index contributed by atoms with van der Waals surface area (Å²) in [5.41, 5.74) is -0.0163. The van der Waals surface area contributed by atoms with E-state index < -0.39 is 5.60 Å². The highest BCUT2D eigenvalue weighted by Crippen LogP contribution is 2.20. The molecule has 1 atom stereocenters. The van der Waals surface area contributed by atoms with Crippen molar-refractivity contribution in [2.24, 2.45) is 4.99 Å². The molecular formula is C22H34N6O2. The Morgan fingerprint density at radius 2 is 2.03 bits per heavy atom. The van der Waals surface area contributed by atoms with Crippen molar-refractivity contribution in [1.29, 1.82) is 0 Å². The smallest absolute Gasteiger partial charge is 0.191 e. The van der Waals surface area contributed by atoms with E-state index in [1.807, 2.05) is 19.2 Å². The Bertz CT molecular complexity index is 798. The number of hydrogen-bond acceptors (Lipinski definition) is 6. The van der Waals surface area contributed by atoms with Crippen molar-refractivity contribution in [2.45, 2.75) is 32.9 Å². The van der Waals surface area contributed by atoms with Gasteiger partial charge < -0.3 is 30.0 Å². The average Bonchev–Trinajstić information content (AvgIpc) is 3.32. The van der Waals surface area contributed by atoms with E-state index in [0.29, 0.717) is 18.3 Å². The van der Waals surface area contributed by atoms with Crippen molar-refractivity contribution in [3.05, 3.63) is 48.0 Å². The van der Waals surface area contributed by atoms with Gasteiger partial charge in [0.2, 0.25) is 0 Å². The van der Waals surface area contributed by atoms with Gasteiger partial charge in [-0.3, -0.25) is 0 Å². The van der Waals surface area contributed by atoms with Crippen molar-refractivity contribution in [2.75, 3.05) is 50.7 Å². The molecule has 0 saturated carbocycles. The van der Waals surface area contributed by atoms with Crippen molar-refractivity contribution in [3.63, 3.8) is 0 Å². The Morgan fingerprint density at radius 1 is 1.23 bits per heavy atom. The molecule has 0 spiro atoms. The number of guanidine groups is 1. The summed E-state index contributed by atoms with van der Waals surface area (Å²) in [4.78, 5) is 14.0. The van der Waals surface area contributed by atoms with Crippen LogP contribution < -0.4 is 15.5 Å². The zero-order chi connectivity index (χ0) is 21.4. The number of piperazine rings is 1. The number of aliphatic imine (C=N–C) groups is 1. The third kappa shape index (κ3) is 5.96. The minimum atomic E-state index is -1.12. The number of rotatable bonds is 8. The van der Waals surface area contributed by atoms with Gasteiger partial charge >= 0.3 is 0 Å². The molecule has 3 heterocycles. The Hall–Kier alpha value is -2.58. The number of anilines is 1. The molecule has 1 unspecified atom stereocenters. The number of nitrogens with one attached hydrogen (secondary N) is 2. The van der Waals surface area contributed by atoms with Crippen molar-refractivity contribution < 1.29 is 9.52 Å². The van der Waals surface area contributed by atoms with Gasteiger partial charge in [0.25, 0.3) is 0 Å². The molecule has 0 radical (unpaired) electrons. The Kier molecular flexibility index (Phi) is 7.70. The first-order chi connectivity index (χ1) is 14.5. The molecular weight excluding hydrogens is 380 g/mol. The topological polar surface area (TPSA) is 89.2 Å². The molecule has 0 aliphatic carbocycles. The molecule has 3 rings (SSSR count). The summed E-state index contributed by atoms with van der Waals surface area (Å²) in [6.45, 7) is 12.7. The summed E-state index contributed by atoms with van der Waals surface area (Å²) in [5.74, 6) is 2.18. The predicted octanol–water partition coefficient (Wildman–Crippen LogP) is 1.78. The van der Waals surface area contributed by atoms with E-state index in [9.17, 15) is 5.11 Å². The first kappa shape index (κ1) is 22.1. The number of nitrogens with zero attached hydrogens (tertiary/aromatic N) is 4. The van der Waals surface area contributed by atoms with E-state index in [-0.39, 0.29) is 6.54 Å². The second-order valence-electron chi connectivity index (χ2n) is 7.74. The van der Waals surface area contributed by atoms with Crippen LogP contribution in [0.2, 0.25) is 0 Å². The largest absolute Gasteiger partial charge is 0.466 e. The van der Waals surface area contributed by atoms with Gasteiger partial charge in [-0.25, -0.2) is 9.98 Å². The van der Waals surface area contributed by atoms with Crippen LogP contribution in [-0.4, -0.2) is 66.8 Å². The summed E-state index contributed by atoms with van der Waals surface area (Å²) in [7, 11) is 0. The third-order valence-electron chi connectivity index (χ3n) is 5.37. The van der Waals surface area contributed by atoms with E-state index in [4.69, 9.17) is 4.42 Å². The molecule has 1 fully saturated rings. The Morgan fingerprint density at radius 3 is 2.70 bits per heavy atom. The molecule has 1 aliphatic heterocycles. The summed E-state index contributed by atoms with van der Waals surface area (Å²) < 4.78 is 5.34. The molecule has 0 bridgehead atoms. The maximum Gasteiger partial charge on any atom is 0.191 e. The van der Waals surface area contributed by atoms with Gasteiger partial charge in [0, 0.05) is 38.9 Å². The molecule has 30 heavy (non-hydrogen) atoms. The quantitative estimate of drug-likeness (QED) is 0.448. The lowest BCUT2D eigenvalue weighted by atomic mass is 10.0. The first-order valence-corrected chi connectivity index (χ1v) is 10.7. The van der Waals surface area contributed by atoms with Gasteiger partial charge in [0.15, 0.2) is 5.96 Å². The van der Waals surface area contributed by atoms with Crippen LogP contribution in [0.4, 0.5) is 5.82 Å². The lowest BCUT2D eigenvalue weighted by molar-refractivity contribution is 0.0386. The summed E-state index contributed by atoms with van der Waals surface area (Å²) in [6, 6.07) is 7.66. The van der Waals surface area contributed by atoms with E-state index in [1.165, 1.54) is 0 Å². The van der Waals surface area contributed by atoms with Crippen LogP contribution in [0.15, 0.2) is 46.1 Å². The molecule has 164 valence electrons. The molecule has 1 aliphatic rings. The number of furan rings is 1. The van der Waals surface area contributed by atoms with Crippen molar-refractivity contribution in [3.8, 4) is 0 Å². The van der Waals surface area contributed by atoms with Crippen LogP contribution in [-0.2, 0) is 12.1 Å². The molecule has 8 nitrogen and oxygen atoms in total. The van der Waals surface area contributed by atoms with Crippen LogP contribution in [0.1, 0.15) is 32.1 Å². The maximum atomic E-state index is 10.6.